The SMILES string of the molecule is CCNC1CCN(c2ccc(C(=O)Nc3cc(F)c4nc(C)cn4c3)c3nn(CC)cc23)CC1. The number of nitrogens with zero attached hydrogens (tertiary/aromatic N) is 5. The van der Waals surface area contributed by atoms with Gasteiger partial charge in [-0.05, 0) is 45.4 Å². The first-order valence-electron chi connectivity index (χ1n) is 11.9. The molecular weight excluding hydrogens is 433 g/mol. The van der Waals surface area contributed by atoms with E-state index in [4.69, 9.17) is 5.10 Å². The van der Waals surface area contributed by atoms with E-state index in [9.17, 15) is 9.18 Å². The minimum atomic E-state index is -0.484. The third kappa shape index (κ3) is 4.11. The maximum atomic E-state index is 14.5. The standard InChI is InChI=1S/C25H30FN7O/c1-4-27-17-8-10-31(11-9-17)22-7-6-19(23-20(22)15-33(5-2)30-23)25(34)29-18-12-21(26)24-28-16(3)13-32(24)14-18/h6-7,12-15,17,27H,4-5,8-11H2,1-3H3,(H,29,34). The van der Waals surface area contributed by atoms with Crippen molar-refractivity contribution in [3.8, 4) is 0 Å². The van der Waals surface area contributed by atoms with Crippen LogP contribution in [0.3, 0.4) is 0 Å². The van der Waals surface area contributed by atoms with Crippen LogP contribution in [0.15, 0.2) is 36.8 Å². The number of piperidine rings is 1. The summed E-state index contributed by atoms with van der Waals surface area (Å²) in [4.78, 5) is 19.8. The van der Waals surface area contributed by atoms with Crippen LogP contribution in [0.5, 0.6) is 0 Å². The first-order valence-corrected chi connectivity index (χ1v) is 11.9. The molecule has 0 aliphatic carbocycles. The van der Waals surface area contributed by atoms with E-state index in [1.807, 2.05) is 29.9 Å². The number of carbonyl (C=O) groups excluding carboxylic acids is 1. The molecule has 1 fully saturated rings. The van der Waals surface area contributed by atoms with E-state index in [0.717, 1.165) is 43.5 Å². The van der Waals surface area contributed by atoms with Gasteiger partial charge < -0.3 is 19.9 Å². The summed E-state index contributed by atoms with van der Waals surface area (Å²) in [5.74, 6) is -0.804. The van der Waals surface area contributed by atoms with Crippen LogP contribution in [0.2, 0.25) is 0 Å². The fourth-order valence-electron chi connectivity index (χ4n) is 4.82. The van der Waals surface area contributed by atoms with Crippen molar-refractivity contribution in [2.75, 3.05) is 29.9 Å². The van der Waals surface area contributed by atoms with E-state index in [1.165, 1.54) is 6.07 Å². The van der Waals surface area contributed by atoms with Gasteiger partial charge in [-0.3, -0.25) is 9.48 Å². The van der Waals surface area contributed by atoms with Gasteiger partial charge in [0.15, 0.2) is 11.5 Å². The number of rotatable bonds is 6. The van der Waals surface area contributed by atoms with Crippen molar-refractivity contribution >= 4 is 33.8 Å². The third-order valence-corrected chi connectivity index (χ3v) is 6.48. The largest absolute Gasteiger partial charge is 0.371 e. The first-order chi connectivity index (χ1) is 16.5. The van der Waals surface area contributed by atoms with Crippen molar-refractivity contribution in [2.45, 2.75) is 46.2 Å². The molecule has 5 rings (SSSR count). The Bertz CT molecular complexity index is 1350. The number of pyridine rings is 1. The number of benzene rings is 1. The van der Waals surface area contributed by atoms with E-state index in [1.54, 1.807) is 23.7 Å². The van der Waals surface area contributed by atoms with Gasteiger partial charge in [-0.1, -0.05) is 6.92 Å². The fraction of sp³-hybridized carbons (Fsp3) is 0.400. The van der Waals surface area contributed by atoms with E-state index < -0.39 is 5.82 Å². The second-order valence-electron chi connectivity index (χ2n) is 8.84. The average Bonchev–Trinajstić information content (AvgIpc) is 3.42. The molecule has 2 N–H and O–H groups in total. The van der Waals surface area contributed by atoms with Gasteiger partial charge in [0.05, 0.1) is 16.9 Å². The molecular formula is C25H30FN7O. The molecule has 1 aliphatic rings. The van der Waals surface area contributed by atoms with Crippen LogP contribution in [-0.4, -0.2) is 50.7 Å². The molecule has 34 heavy (non-hydrogen) atoms. The Kier molecular flexibility index (Phi) is 5.95. The van der Waals surface area contributed by atoms with E-state index >= 15 is 0 Å². The van der Waals surface area contributed by atoms with Crippen LogP contribution >= 0.6 is 0 Å². The second-order valence-corrected chi connectivity index (χ2v) is 8.84. The quantitative estimate of drug-likeness (QED) is 0.452. The second kappa shape index (κ2) is 9.06. The summed E-state index contributed by atoms with van der Waals surface area (Å²) in [5.41, 5.74) is 3.54. The molecule has 4 aromatic rings. The zero-order valence-corrected chi connectivity index (χ0v) is 19.8. The molecule has 178 valence electrons. The molecule has 3 aromatic heterocycles. The zero-order chi connectivity index (χ0) is 23.8. The molecule has 4 heterocycles. The van der Waals surface area contributed by atoms with E-state index in [2.05, 4.69) is 27.4 Å². The third-order valence-electron chi connectivity index (χ3n) is 6.48. The molecule has 0 bridgehead atoms. The number of hydrogen-bond acceptors (Lipinski definition) is 5. The lowest BCUT2D eigenvalue weighted by Gasteiger charge is -2.34. The van der Waals surface area contributed by atoms with Crippen LogP contribution in [0.25, 0.3) is 16.6 Å². The Morgan fingerprint density at radius 1 is 1.18 bits per heavy atom. The van der Waals surface area contributed by atoms with E-state index in [-0.39, 0.29) is 11.6 Å². The van der Waals surface area contributed by atoms with Crippen LogP contribution in [-0.2, 0) is 6.54 Å². The van der Waals surface area contributed by atoms with Crippen molar-refractivity contribution in [2.24, 2.45) is 0 Å². The zero-order valence-electron chi connectivity index (χ0n) is 19.8. The summed E-state index contributed by atoms with van der Waals surface area (Å²) < 4.78 is 17.9. The molecule has 0 unspecified atom stereocenters. The lowest BCUT2D eigenvalue weighted by Crippen LogP contribution is -2.42. The van der Waals surface area contributed by atoms with Crippen molar-refractivity contribution in [3.05, 3.63) is 53.9 Å². The maximum absolute atomic E-state index is 14.5. The van der Waals surface area contributed by atoms with E-state index in [0.29, 0.717) is 35.0 Å². The van der Waals surface area contributed by atoms with Gasteiger partial charge in [0.25, 0.3) is 5.91 Å². The Morgan fingerprint density at radius 3 is 2.71 bits per heavy atom. The van der Waals surface area contributed by atoms with Crippen molar-refractivity contribution in [1.29, 1.82) is 0 Å². The van der Waals surface area contributed by atoms with Gasteiger partial charge in [-0.2, -0.15) is 5.10 Å². The molecule has 8 nitrogen and oxygen atoms in total. The van der Waals surface area contributed by atoms with Crippen LogP contribution in [0, 0.1) is 12.7 Å². The highest BCUT2D eigenvalue weighted by Crippen LogP contribution is 2.31. The summed E-state index contributed by atoms with van der Waals surface area (Å²) in [6.07, 6.45) is 7.57. The number of hydrogen-bond donors (Lipinski definition) is 2. The molecule has 0 saturated carbocycles. The molecule has 1 amide bonds. The number of aromatic nitrogens is 4. The van der Waals surface area contributed by atoms with Crippen molar-refractivity contribution in [3.63, 3.8) is 0 Å². The predicted molar refractivity (Wildman–Crippen MR) is 132 cm³/mol. The molecule has 1 aromatic carbocycles. The number of amides is 1. The minimum absolute atomic E-state index is 0.238. The molecule has 0 atom stereocenters. The monoisotopic (exact) mass is 463 g/mol. The van der Waals surface area contributed by atoms with Gasteiger partial charge in [0, 0.05) is 61.4 Å². The number of imidazole rings is 1. The predicted octanol–water partition coefficient (Wildman–Crippen LogP) is 3.98. The number of fused-ring (bicyclic) bond motifs is 2. The minimum Gasteiger partial charge on any atom is -0.371 e. The van der Waals surface area contributed by atoms with Crippen LogP contribution < -0.4 is 15.5 Å². The first kappa shape index (κ1) is 22.3. The maximum Gasteiger partial charge on any atom is 0.257 e. The lowest BCUT2D eigenvalue weighted by molar-refractivity contribution is 0.102. The summed E-state index contributed by atoms with van der Waals surface area (Å²) in [6, 6.07) is 5.68. The summed E-state index contributed by atoms with van der Waals surface area (Å²) in [6.45, 7) is 9.58. The Hall–Kier alpha value is -3.46. The summed E-state index contributed by atoms with van der Waals surface area (Å²) >= 11 is 0. The molecule has 0 spiro atoms. The number of halogens is 1. The smallest absolute Gasteiger partial charge is 0.257 e. The fourth-order valence-corrected chi connectivity index (χ4v) is 4.82. The number of anilines is 2. The Labute approximate surface area is 197 Å². The molecule has 1 aliphatic heterocycles. The Balaban J connectivity index is 1.45. The van der Waals surface area contributed by atoms with Crippen LogP contribution in [0.4, 0.5) is 15.8 Å². The number of aryl methyl sites for hydroxylation is 2. The highest BCUT2D eigenvalue weighted by atomic mass is 19.1. The average molecular weight is 464 g/mol. The van der Waals surface area contributed by atoms with Gasteiger partial charge >= 0.3 is 0 Å². The topological polar surface area (TPSA) is 79.5 Å². The summed E-state index contributed by atoms with van der Waals surface area (Å²) in [5, 5.41) is 12.0. The van der Waals surface area contributed by atoms with Gasteiger partial charge in [-0.15, -0.1) is 0 Å². The van der Waals surface area contributed by atoms with Crippen molar-refractivity contribution in [1.82, 2.24) is 24.5 Å². The number of carbonyl (C=O) groups is 1. The Morgan fingerprint density at radius 2 is 1.97 bits per heavy atom. The highest BCUT2D eigenvalue weighted by Gasteiger charge is 2.23. The normalized spacial score (nSPS) is 14.9. The summed E-state index contributed by atoms with van der Waals surface area (Å²) in [7, 11) is 0. The van der Waals surface area contributed by atoms with Crippen molar-refractivity contribution < 1.29 is 9.18 Å². The van der Waals surface area contributed by atoms with Gasteiger partial charge in [0.2, 0.25) is 0 Å². The molecule has 9 heteroatoms. The molecule has 0 radical (unpaired) electrons. The van der Waals surface area contributed by atoms with Gasteiger partial charge in [-0.25, -0.2) is 9.37 Å². The van der Waals surface area contributed by atoms with Gasteiger partial charge in [0.1, 0.15) is 5.52 Å². The highest BCUT2D eigenvalue weighted by molar-refractivity contribution is 6.13. The lowest BCUT2D eigenvalue weighted by atomic mass is 10.0. The number of nitrogens with one attached hydrogen (secondary N) is 2. The van der Waals surface area contributed by atoms with Crippen LogP contribution in [0.1, 0.15) is 42.7 Å². The molecule has 1 saturated heterocycles.